The van der Waals surface area contributed by atoms with Crippen LogP contribution in [0.15, 0.2) is 59.5 Å². The lowest BCUT2D eigenvalue weighted by atomic mass is 10.1. The van der Waals surface area contributed by atoms with Crippen molar-refractivity contribution in [3.8, 4) is 17.1 Å². The fraction of sp³-hybridized carbons (Fsp3) is 0.111. The molecule has 0 spiro atoms. The minimum absolute atomic E-state index is 0.0629. The highest BCUT2D eigenvalue weighted by Gasteiger charge is 2.09. The molecule has 122 valence electrons. The third-order valence-corrected chi connectivity index (χ3v) is 3.44. The third kappa shape index (κ3) is 3.60. The Labute approximate surface area is 138 Å². The SMILES string of the molecule is COc1ccc(CC(=O)Nc2cccc(-c3cnco3)c2)cc1F. The number of hydrogen-bond acceptors (Lipinski definition) is 4. The molecule has 0 aliphatic carbocycles. The number of nitrogens with zero attached hydrogens (tertiary/aromatic N) is 1. The number of benzene rings is 2. The molecule has 0 aliphatic heterocycles. The van der Waals surface area contributed by atoms with E-state index in [0.717, 1.165) is 5.56 Å². The molecule has 1 aromatic heterocycles. The second kappa shape index (κ2) is 6.95. The molecule has 0 bridgehead atoms. The third-order valence-electron chi connectivity index (χ3n) is 3.44. The minimum atomic E-state index is -0.491. The van der Waals surface area contributed by atoms with Crippen molar-refractivity contribution in [2.45, 2.75) is 6.42 Å². The Morgan fingerprint density at radius 3 is 2.88 bits per heavy atom. The van der Waals surface area contributed by atoms with Gasteiger partial charge in [-0.25, -0.2) is 9.37 Å². The summed E-state index contributed by atoms with van der Waals surface area (Å²) in [5.41, 5.74) is 2.00. The van der Waals surface area contributed by atoms with Crippen LogP contribution in [-0.2, 0) is 11.2 Å². The Balaban J connectivity index is 1.69. The van der Waals surface area contributed by atoms with Crippen molar-refractivity contribution in [2.24, 2.45) is 0 Å². The maximum Gasteiger partial charge on any atom is 0.228 e. The summed E-state index contributed by atoms with van der Waals surface area (Å²) in [5, 5.41) is 2.79. The number of rotatable bonds is 5. The molecule has 1 N–H and O–H groups in total. The molecular formula is C18H15FN2O3. The van der Waals surface area contributed by atoms with Crippen LogP contribution < -0.4 is 10.1 Å². The lowest BCUT2D eigenvalue weighted by molar-refractivity contribution is -0.115. The first-order valence-corrected chi connectivity index (χ1v) is 7.27. The molecule has 3 aromatic rings. The molecule has 1 amide bonds. The van der Waals surface area contributed by atoms with Crippen molar-refractivity contribution in [1.29, 1.82) is 0 Å². The van der Waals surface area contributed by atoms with Crippen LogP contribution in [0.25, 0.3) is 11.3 Å². The monoisotopic (exact) mass is 326 g/mol. The van der Waals surface area contributed by atoms with E-state index in [1.165, 1.54) is 25.6 Å². The Morgan fingerprint density at radius 1 is 1.29 bits per heavy atom. The maximum absolute atomic E-state index is 13.7. The first-order valence-electron chi connectivity index (χ1n) is 7.27. The van der Waals surface area contributed by atoms with Gasteiger partial charge in [-0.3, -0.25) is 4.79 Å². The van der Waals surface area contributed by atoms with Crippen LogP contribution >= 0.6 is 0 Å². The Morgan fingerprint density at radius 2 is 2.17 bits per heavy atom. The second-order valence-corrected chi connectivity index (χ2v) is 5.14. The number of methoxy groups -OCH3 is 1. The first-order chi connectivity index (χ1) is 11.7. The Hall–Kier alpha value is -3.15. The van der Waals surface area contributed by atoms with Gasteiger partial charge in [-0.1, -0.05) is 18.2 Å². The van der Waals surface area contributed by atoms with E-state index in [1.54, 1.807) is 30.5 Å². The van der Waals surface area contributed by atoms with Gasteiger partial charge in [-0.15, -0.1) is 0 Å². The van der Waals surface area contributed by atoms with Gasteiger partial charge in [-0.2, -0.15) is 0 Å². The molecule has 0 unspecified atom stereocenters. The van der Waals surface area contributed by atoms with Crippen molar-refractivity contribution < 1.29 is 18.3 Å². The lowest BCUT2D eigenvalue weighted by Gasteiger charge is -2.08. The number of ether oxygens (including phenoxy) is 1. The molecule has 0 aliphatic rings. The highest BCUT2D eigenvalue weighted by Crippen LogP contribution is 2.22. The zero-order valence-corrected chi connectivity index (χ0v) is 13.0. The second-order valence-electron chi connectivity index (χ2n) is 5.14. The highest BCUT2D eigenvalue weighted by atomic mass is 19.1. The van der Waals surface area contributed by atoms with Gasteiger partial charge in [0.1, 0.15) is 0 Å². The predicted octanol–water partition coefficient (Wildman–Crippen LogP) is 3.67. The fourth-order valence-electron chi connectivity index (χ4n) is 2.32. The number of anilines is 1. The topological polar surface area (TPSA) is 64.4 Å². The van der Waals surface area contributed by atoms with E-state index in [9.17, 15) is 9.18 Å². The Bertz CT molecular complexity index is 847. The Kier molecular flexibility index (Phi) is 4.56. The number of carbonyl (C=O) groups excluding carboxylic acids is 1. The zero-order valence-electron chi connectivity index (χ0n) is 13.0. The van der Waals surface area contributed by atoms with Crippen LogP contribution in [0, 0.1) is 5.82 Å². The van der Waals surface area contributed by atoms with Gasteiger partial charge in [0, 0.05) is 11.3 Å². The molecule has 0 saturated heterocycles. The van der Waals surface area contributed by atoms with Crippen LogP contribution in [0.4, 0.5) is 10.1 Å². The largest absolute Gasteiger partial charge is 0.494 e. The first kappa shape index (κ1) is 15.7. The summed E-state index contributed by atoms with van der Waals surface area (Å²) in [7, 11) is 1.40. The predicted molar refractivity (Wildman–Crippen MR) is 87.2 cm³/mol. The summed E-state index contributed by atoms with van der Waals surface area (Å²) in [6.45, 7) is 0. The van der Waals surface area contributed by atoms with Crippen molar-refractivity contribution in [1.82, 2.24) is 4.98 Å². The molecule has 5 nitrogen and oxygen atoms in total. The van der Waals surface area contributed by atoms with Gasteiger partial charge in [-0.05, 0) is 29.8 Å². The maximum atomic E-state index is 13.7. The van der Waals surface area contributed by atoms with Crippen LogP contribution in [-0.4, -0.2) is 18.0 Å². The molecule has 6 heteroatoms. The van der Waals surface area contributed by atoms with Gasteiger partial charge < -0.3 is 14.5 Å². The van der Waals surface area contributed by atoms with Gasteiger partial charge >= 0.3 is 0 Å². The molecule has 0 fully saturated rings. The lowest BCUT2D eigenvalue weighted by Crippen LogP contribution is -2.14. The van der Waals surface area contributed by atoms with Crippen molar-refractivity contribution in [2.75, 3.05) is 12.4 Å². The summed E-state index contributed by atoms with van der Waals surface area (Å²) >= 11 is 0. The van der Waals surface area contributed by atoms with E-state index in [0.29, 0.717) is 17.0 Å². The normalized spacial score (nSPS) is 10.4. The quantitative estimate of drug-likeness (QED) is 0.777. The van der Waals surface area contributed by atoms with E-state index in [-0.39, 0.29) is 18.1 Å². The smallest absolute Gasteiger partial charge is 0.228 e. The zero-order chi connectivity index (χ0) is 16.9. The van der Waals surface area contributed by atoms with Crippen LogP contribution in [0.2, 0.25) is 0 Å². The van der Waals surface area contributed by atoms with Crippen LogP contribution in [0.1, 0.15) is 5.56 Å². The van der Waals surface area contributed by atoms with E-state index in [2.05, 4.69) is 10.3 Å². The molecule has 1 heterocycles. The summed E-state index contributed by atoms with van der Waals surface area (Å²) in [6.07, 6.45) is 3.01. The number of hydrogen-bond donors (Lipinski definition) is 1. The average Bonchev–Trinajstić information content (AvgIpc) is 3.10. The molecule has 3 rings (SSSR count). The van der Waals surface area contributed by atoms with Crippen molar-refractivity contribution >= 4 is 11.6 Å². The van der Waals surface area contributed by atoms with Gasteiger partial charge in [0.25, 0.3) is 0 Å². The summed E-state index contributed by atoms with van der Waals surface area (Å²) in [6, 6.07) is 11.7. The summed E-state index contributed by atoms with van der Waals surface area (Å²) in [4.78, 5) is 16.0. The molecule has 0 atom stereocenters. The average molecular weight is 326 g/mol. The number of oxazole rings is 1. The minimum Gasteiger partial charge on any atom is -0.494 e. The van der Waals surface area contributed by atoms with E-state index >= 15 is 0 Å². The standard InChI is InChI=1S/C18H15FN2O3/c1-23-16-6-5-12(7-15(16)19)8-18(22)21-14-4-2-3-13(9-14)17-10-20-11-24-17/h2-7,9-11H,8H2,1H3,(H,21,22). The van der Waals surface area contributed by atoms with Gasteiger partial charge in [0.2, 0.25) is 5.91 Å². The van der Waals surface area contributed by atoms with Gasteiger partial charge in [0.15, 0.2) is 23.7 Å². The number of nitrogens with one attached hydrogen (secondary N) is 1. The van der Waals surface area contributed by atoms with E-state index < -0.39 is 5.82 Å². The van der Waals surface area contributed by atoms with Crippen molar-refractivity contribution in [3.63, 3.8) is 0 Å². The molecule has 0 radical (unpaired) electrons. The highest BCUT2D eigenvalue weighted by molar-refractivity contribution is 5.92. The van der Waals surface area contributed by atoms with Crippen LogP contribution in [0.5, 0.6) is 5.75 Å². The number of halogens is 1. The molecule has 2 aromatic carbocycles. The van der Waals surface area contributed by atoms with Crippen molar-refractivity contribution in [3.05, 3.63) is 66.4 Å². The summed E-state index contributed by atoms with van der Waals surface area (Å²) in [5.74, 6) is 0.0339. The molecule has 0 saturated carbocycles. The number of aromatic nitrogens is 1. The van der Waals surface area contributed by atoms with Gasteiger partial charge in [0.05, 0.1) is 19.7 Å². The summed E-state index contributed by atoms with van der Waals surface area (Å²) < 4.78 is 23.8. The number of amides is 1. The molecule has 24 heavy (non-hydrogen) atoms. The molecular weight excluding hydrogens is 311 g/mol. The van der Waals surface area contributed by atoms with E-state index in [1.807, 2.05) is 6.07 Å². The van der Waals surface area contributed by atoms with Crippen LogP contribution in [0.3, 0.4) is 0 Å². The number of carbonyl (C=O) groups is 1. The van der Waals surface area contributed by atoms with E-state index in [4.69, 9.17) is 9.15 Å². The fourth-order valence-corrected chi connectivity index (χ4v) is 2.32.